The molecule has 0 bridgehead atoms. The van der Waals surface area contributed by atoms with E-state index < -0.39 is 34.9 Å². The maximum absolute atomic E-state index is 13.3. The average molecular weight is 411 g/mol. The third-order valence-electron chi connectivity index (χ3n) is 6.24. The third-order valence-corrected chi connectivity index (χ3v) is 6.24. The number of nitrogens with one attached hydrogen (secondary N) is 1. The Labute approximate surface area is 171 Å². The lowest BCUT2D eigenvalue weighted by atomic mass is 9.85. The molecule has 3 atom stereocenters. The van der Waals surface area contributed by atoms with Crippen molar-refractivity contribution in [1.29, 1.82) is 0 Å². The fourth-order valence-electron chi connectivity index (χ4n) is 4.22. The average Bonchev–Trinajstić information content (AvgIpc) is 3.31. The Balaban J connectivity index is 1.71. The molecule has 29 heavy (non-hydrogen) atoms. The van der Waals surface area contributed by atoms with Crippen LogP contribution in [0.2, 0.25) is 0 Å². The van der Waals surface area contributed by atoms with Crippen molar-refractivity contribution < 1.29 is 24.2 Å². The monoisotopic (exact) mass is 410 g/mol. The normalized spacial score (nSPS) is 28.1. The van der Waals surface area contributed by atoms with Crippen LogP contribution in [0.1, 0.15) is 40.0 Å². The van der Waals surface area contributed by atoms with Gasteiger partial charge in [-0.15, -0.1) is 0 Å². The number of likely N-dealkylation sites (tertiary alicyclic amines) is 1. The molecule has 0 aromatic rings. The van der Waals surface area contributed by atoms with Gasteiger partial charge in [-0.2, -0.15) is 0 Å². The molecular weight excluding hydrogens is 376 g/mol. The lowest BCUT2D eigenvalue weighted by molar-refractivity contribution is -0.144. The molecule has 0 aromatic carbocycles. The van der Waals surface area contributed by atoms with Gasteiger partial charge in [0, 0.05) is 32.6 Å². The van der Waals surface area contributed by atoms with E-state index in [2.05, 4.69) is 10.2 Å². The fraction of sp³-hybridized carbons (Fsp3) is 0.850. The Bertz CT molecular complexity index is 652. The highest BCUT2D eigenvalue weighted by molar-refractivity contribution is 5.94. The lowest BCUT2D eigenvalue weighted by Crippen LogP contribution is -2.59. The van der Waals surface area contributed by atoms with E-state index in [0.717, 1.165) is 25.9 Å². The molecule has 3 rings (SSSR count). The maximum atomic E-state index is 13.3. The summed E-state index contributed by atoms with van der Waals surface area (Å²) in [5.41, 5.74) is 4.41. The van der Waals surface area contributed by atoms with E-state index >= 15 is 0 Å². The fourth-order valence-corrected chi connectivity index (χ4v) is 4.22. The molecule has 0 spiro atoms. The molecule has 3 aliphatic rings. The molecule has 1 saturated carbocycles. The molecule has 4 N–H and O–H groups in total. The first-order valence-corrected chi connectivity index (χ1v) is 10.4. The van der Waals surface area contributed by atoms with Crippen molar-refractivity contribution in [1.82, 2.24) is 15.1 Å². The van der Waals surface area contributed by atoms with Gasteiger partial charge >= 0.3 is 0 Å². The SMILES string of the molecule is CC(C)(C)[C@H](NC(=O)C1(CN2CCOCC2)CC1)C(=O)N1CC(O)C[C@@H]1C(N)=O. The highest BCUT2D eigenvalue weighted by Crippen LogP contribution is 2.47. The van der Waals surface area contributed by atoms with E-state index in [9.17, 15) is 19.5 Å². The predicted octanol–water partition coefficient (Wildman–Crippen LogP) is -0.923. The quantitative estimate of drug-likeness (QED) is 0.520. The van der Waals surface area contributed by atoms with Gasteiger partial charge in [-0.1, -0.05) is 20.8 Å². The zero-order chi connectivity index (χ0) is 21.4. The molecule has 2 heterocycles. The number of morpholine rings is 1. The summed E-state index contributed by atoms with van der Waals surface area (Å²) in [6.45, 7) is 9.31. The first kappa shape index (κ1) is 22.0. The zero-order valence-electron chi connectivity index (χ0n) is 17.6. The van der Waals surface area contributed by atoms with Crippen molar-refractivity contribution in [2.45, 2.75) is 58.2 Å². The summed E-state index contributed by atoms with van der Waals surface area (Å²) in [7, 11) is 0. The van der Waals surface area contributed by atoms with Crippen LogP contribution in [-0.2, 0) is 19.1 Å². The number of carbonyl (C=O) groups excluding carboxylic acids is 3. The number of aliphatic hydroxyl groups excluding tert-OH is 1. The van der Waals surface area contributed by atoms with Crippen LogP contribution in [0.5, 0.6) is 0 Å². The number of primary amides is 1. The van der Waals surface area contributed by atoms with Crippen LogP contribution in [0, 0.1) is 10.8 Å². The number of ether oxygens (including phenoxy) is 1. The number of rotatable bonds is 6. The van der Waals surface area contributed by atoms with Gasteiger partial charge in [0.15, 0.2) is 0 Å². The summed E-state index contributed by atoms with van der Waals surface area (Å²) in [6.07, 6.45) is 0.942. The number of aliphatic hydroxyl groups is 1. The number of hydrogen-bond acceptors (Lipinski definition) is 6. The summed E-state index contributed by atoms with van der Waals surface area (Å²) < 4.78 is 5.38. The molecule has 9 heteroatoms. The molecule has 9 nitrogen and oxygen atoms in total. The highest BCUT2D eigenvalue weighted by atomic mass is 16.5. The van der Waals surface area contributed by atoms with Crippen molar-refractivity contribution in [3.63, 3.8) is 0 Å². The summed E-state index contributed by atoms with van der Waals surface area (Å²) in [5, 5.41) is 12.9. The molecule has 1 aliphatic carbocycles. The summed E-state index contributed by atoms with van der Waals surface area (Å²) in [6, 6.07) is -1.65. The number of carbonyl (C=O) groups is 3. The standard InChI is InChI=1S/C20H34N4O5/c1-19(2,3)15(17(27)24-11-13(25)10-14(24)16(21)26)22-18(28)20(4-5-20)12-23-6-8-29-9-7-23/h13-15,25H,4-12H2,1-3H3,(H2,21,26)(H,22,28)/t13?,14-,15-/m1/s1. The van der Waals surface area contributed by atoms with Gasteiger partial charge in [-0.25, -0.2) is 0 Å². The van der Waals surface area contributed by atoms with Crippen LogP contribution in [0.25, 0.3) is 0 Å². The number of hydrogen-bond donors (Lipinski definition) is 3. The van der Waals surface area contributed by atoms with Crippen molar-refractivity contribution >= 4 is 17.7 Å². The van der Waals surface area contributed by atoms with Crippen molar-refractivity contribution in [2.24, 2.45) is 16.6 Å². The Hall–Kier alpha value is -1.71. The lowest BCUT2D eigenvalue weighted by Gasteiger charge is -2.36. The van der Waals surface area contributed by atoms with E-state index in [4.69, 9.17) is 10.5 Å². The molecule has 164 valence electrons. The molecule has 2 saturated heterocycles. The zero-order valence-corrected chi connectivity index (χ0v) is 17.6. The first-order chi connectivity index (χ1) is 13.5. The Morgan fingerprint density at radius 1 is 1.24 bits per heavy atom. The minimum atomic E-state index is -0.845. The van der Waals surface area contributed by atoms with Crippen molar-refractivity contribution in [3.05, 3.63) is 0 Å². The molecule has 0 aromatic heterocycles. The topological polar surface area (TPSA) is 125 Å². The second-order valence-corrected chi connectivity index (χ2v) is 9.74. The molecule has 0 radical (unpaired) electrons. The van der Waals surface area contributed by atoms with Gasteiger partial charge in [0.1, 0.15) is 12.1 Å². The van der Waals surface area contributed by atoms with Crippen LogP contribution < -0.4 is 11.1 Å². The van der Waals surface area contributed by atoms with Crippen LogP contribution >= 0.6 is 0 Å². The van der Waals surface area contributed by atoms with Gasteiger partial charge in [-0.05, 0) is 18.3 Å². The molecule has 3 fully saturated rings. The van der Waals surface area contributed by atoms with E-state index in [1.54, 1.807) is 0 Å². The number of nitrogens with two attached hydrogens (primary N) is 1. The smallest absolute Gasteiger partial charge is 0.246 e. The largest absolute Gasteiger partial charge is 0.391 e. The minimum Gasteiger partial charge on any atom is -0.391 e. The highest BCUT2D eigenvalue weighted by Gasteiger charge is 2.53. The van der Waals surface area contributed by atoms with Crippen LogP contribution in [0.3, 0.4) is 0 Å². The maximum Gasteiger partial charge on any atom is 0.246 e. The van der Waals surface area contributed by atoms with Gasteiger partial charge in [0.05, 0.1) is 24.7 Å². The van der Waals surface area contributed by atoms with Gasteiger partial charge in [0.2, 0.25) is 17.7 Å². The van der Waals surface area contributed by atoms with Crippen LogP contribution in [0.15, 0.2) is 0 Å². The Kier molecular flexibility index (Phi) is 6.21. The summed E-state index contributed by atoms with van der Waals surface area (Å²) >= 11 is 0. The Morgan fingerprint density at radius 3 is 2.38 bits per heavy atom. The van der Waals surface area contributed by atoms with Crippen molar-refractivity contribution in [3.8, 4) is 0 Å². The van der Waals surface area contributed by atoms with E-state index in [1.165, 1.54) is 4.90 Å². The van der Waals surface area contributed by atoms with Gasteiger partial charge < -0.3 is 25.8 Å². The van der Waals surface area contributed by atoms with E-state index in [1.807, 2.05) is 20.8 Å². The predicted molar refractivity (Wildman–Crippen MR) is 106 cm³/mol. The molecule has 2 aliphatic heterocycles. The Morgan fingerprint density at radius 2 is 1.86 bits per heavy atom. The second kappa shape index (κ2) is 8.20. The van der Waals surface area contributed by atoms with Crippen LogP contribution in [0.4, 0.5) is 0 Å². The number of β-amino-alcohol motifs (C(OH)–C–C–N with tert-alkyl or cyclic N) is 1. The minimum absolute atomic E-state index is 0.0494. The first-order valence-electron chi connectivity index (χ1n) is 10.4. The van der Waals surface area contributed by atoms with E-state index in [-0.39, 0.29) is 24.8 Å². The molecule has 1 unspecified atom stereocenters. The van der Waals surface area contributed by atoms with Gasteiger partial charge in [0.25, 0.3) is 0 Å². The van der Waals surface area contributed by atoms with Crippen LogP contribution in [-0.4, -0.2) is 90.2 Å². The molecular formula is C20H34N4O5. The van der Waals surface area contributed by atoms with Gasteiger partial charge in [-0.3, -0.25) is 19.3 Å². The third kappa shape index (κ3) is 4.90. The summed E-state index contributed by atoms with van der Waals surface area (Å²) in [4.78, 5) is 41.8. The number of nitrogens with zero attached hydrogens (tertiary/aromatic N) is 2. The summed E-state index contributed by atoms with van der Waals surface area (Å²) in [5.74, 6) is -1.12. The van der Waals surface area contributed by atoms with Crippen molar-refractivity contribution in [2.75, 3.05) is 39.4 Å². The number of amides is 3. The molecule has 3 amide bonds. The van der Waals surface area contributed by atoms with E-state index in [0.29, 0.717) is 19.8 Å². The second-order valence-electron chi connectivity index (χ2n) is 9.74.